The molecule has 0 amide bonds. The molecule has 0 bridgehead atoms. The molecule has 0 atom stereocenters. The smallest absolute Gasteiger partial charge is 0.145 e. The van der Waals surface area contributed by atoms with Crippen LogP contribution in [0, 0.1) is 0 Å². The first-order valence-corrected chi connectivity index (χ1v) is 23.9. The highest BCUT2D eigenvalue weighted by molar-refractivity contribution is 7.26. The summed E-state index contributed by atoms with van der Waals surface area (Å²) >= 11 is 3.71. The molecule has 66 heavy (non-hydrogen) atoms. The summed E-state index contributed by atoms with van der Waals surface area (Å²) in [5.74, 6) is 0. The first-order valence-electron chi connectivity index (χ1n) is 22.3. The molecule has 16 aromatic rings. The largest absolute Gasteiger partial charge is 0.456 e. The lowest BCUT2D eigenvalue weighted by atomic mass is 10.00. The molecule has 0 radical (unpaired) electrons. The first kappa shape index (κ1) is 35.2. The summed E-state index contributed by atoms with van der Waals surface area (Å²) in [4.78, 5) is 0. The van der Waals surface area contributed by atoms with Crippen LogP contribution in [0.15, 0.2) is 203 Å². The maximum Gasteiger partial charge on any atom is 0.145 e. The molecule has 6 heterocycles. The van der Waals surface area contributed by atoms with Gasteiger partial charge >= 0.3 is 0 Å². The van der Waals surface area contributed by atoms with Crippen LogP contribution in [0.3, 0.4) is 0 Å². The van der Waals surface area contributed by atoms with E-state index < -0.39 is 0 Å². The third-order valence-corrected chi connectivity index (χ3v) is 16.4. The van der Waals surface area contributed by atoms with Gasteiger partial charge in [0, 0.05) is 84.0 Å². The van der Waals surface area contributed by atoms with E-state index in [0.717, 1.165) is 93.5 Å². The predicted octanol–water partition coefficient (Wildman–Crippen LogP) is 18.1. The highest BCUT2D eigenvalue weighted by Gasteiger charge is 2.24. The zero-order chi connectivity index (χ0) is 42.8. The molecule has 16 rings (SSSR count). The molecule has 0 saturated carbocycles. The summed E-state index contributed by atoms with van der Waals surface area (Å²) in [7, 11) is 0. The van der Waals surface area contributed by atoms with Crippen LogP contribution in [-0.4, -0.2) is 9.13 Å². The van der Waals surface area contributed by atoms with Gasteiger partial charge in [0.1, 0.15) is 22.3 Å². The van der Waals surface area contributed by atoms with E-state index in [1.807, 2.05) is 34.8 Å². The summed E-state index contributed by atoms with van der Waals surface area (Å²) in [6, 6.07) is 71.0. The van der Waals surface area contributed by atoms with E-state index in [-0.39, 0.29) is 0 Å². The van der Waals surface area contributed by atoms with Gasteiger partial charge < -0.3 is 18.0 Å². The second-order valence-electron chi connectivity index (χ2n) is 17.6. The third kappa shape index (κ3) is 4.66. The van der Waals surface area contributed by atoms with Crippen LogP contribution in [0.1, 0.15) is 0 Å². The van der Waals surface area contributed by atoms with E-state index in [1.54, 1.807) is 0 Å². The maximum absolute atomic E-state index is 7.43. The summed E-state index contributed by atoms with van der Waals surface area (Å²) in [6.45, 7) is 0. The minimum absolute atomic E-state index is 0.880. The number of aromatic nitrogens is 2. The molecule has 306 valence electrons. The summed E-state index contributed by atoms with van der Waals surface area (Å²) in [5, 5.41) is 14.1. The lowest BCUT2D eigenvalue weighted by Gasteiger charge is -2.09. The van der Waals surface area contributed by atoms with Gasteiger partial charge in [-0.15, -0.1) is 22.7 Å². The second kappa shape index (κ2) is 12.8. The number of fused-ring (bicyclic) bond motifs is 20. The van der Waals surface area contributed by atoms with Crippen LogP contribution in [0.5, 0.6) is 0 Å². The average molecular weight is 877 g/mol. The van der Waals surface area contributed by atoms with Crippen molar-refractivity contribution in [1.82, 2.24) is 9.13 Å². The van der Waals surface area contributed by atoms with Crippen molar-refractivity contribution < 1.29 is 8.83 Å². The molecule has 0 unspecified atom stereocenters. The van der Waals surface area contributed by atoms with Crippen LogP contribution in [0.2, 0.25) is 0 Å². The van der Waals surface area contributed by atoms with Crippen LogP contribution >= 0.6 is 22.7 Å². The van der Waals surface area contributed by atoms with Crippen molar-refractivity contribution in [3.8, 4) is 22.5 Å². The quantitative estimate of drug-likeness (QED) is 0.177. The number of thiophene rings is 2. The molecule has 0 N–H and O–H groups in total. The first-order chi connectivity index (χ1) is 32.7. The molecule has 0 aliphatic heterocycles. The number of nitrogens with zero attached hydrogens (tertiary/aromatic N) is 2. The molecule has 0 aliphatic rings. The Morgan fingerprint density at radius 2 is 0.773 bits per heavy atom. The molecule has 10 aromatic carbocycles. The van der Waals surface area contributed by atoms with Crippen molar-refractivity contribution in [3.05, 3.63) is 194 Å². The molecule has 6 heteroatoms. The van der Waals surface area contributed by atoms with Crippen molar-refractivity contribution in [1.29, 1.82) is 0 Å². The Labute approximate surface area is 382 Å². The van der Waals surface area contributed by atoms with Crippen molar-refractivity contribution in [2.45, 2.75) is 0 Å². The SMILES string of the molecule is c1ccc2c(c1)oc1ccc(-n3c4ccc(-c5ccc6sc7ccccc7c6c5)cc4c4c5oc6c(ccc7c6c6ccccc6n7-c6ccc7sc8ccccc8c7c6)c5ccc43)cc12. The fourth-order valence-corrected chi connectivity index (χ4v) is 13.4. The highest BCUT2D eigenvalue weighted by atomic mass is 32.1. The van der Waals surface area contributed by atoms with E-state index in [2.05, 4.69) is 191 Å². The standard InChI is InChI=1S/C60H32N2O2S2/c1-5-13-47-42(12-1)57-49(61(47)36-20-28-56-45(32-36)39-11-4-8-16-54(39)66-56)24-21-40-41-22-25-50-58(60(41)64-59(40)57)46-30-33(34-18-27-55-44(29-34)38-10-3-7-15-53(38)65-55)17-23-48(46)62(50)35-19-26-52-43(31-35)37-9-2-6-14-51(37)63-52/h1-32H. The Hall–Kier alpha value is -8.16. The fraction of sp³-hybridized carbons (Fsp3) is 0. The normalized spacial score (nSPS) is 12.5. The van der Waals surface area contributed by atoms with Gasteiger partial charge in [-0.25, -0.2) is 0 Å². The van der Waals surface area contributed by atoms with Gasteiger partial charge in [0.15, 0.2) is 0 Å². The molecular weight excluding hydrogens is 845 g/mol. The van der Waals surface area contributed by atoms with E-state index >= 15 is 0 Å². The van der Waals surface area contributed by atoms with Gasteiger partial charge in [0.2, 0.25) is 0 Å². The Kier molecular flexibility index (Phi) is 6.81. The predicted molar refractivity (Wildman–Crippen MR) is 281 cm³/mol. The Balaban J connectivity index is 0.984. The fourth-order valence-electron chi connectivity index (χ4n) is 11.2. The molecule has 0 spiro atoms. The molecule has 6 aromatic heterocycles. The van der Waals surface area contributed by atoms with Crippen LogP contribution in [-0.2, 0) is 0 Å². The number of para-hydroxylation sites is 2. The maximum atomic E-state index is 7.43. The van der Waals surface area contributed by atoms with Gasteiger partial charge in [-0.3, -0.25) is 0 Å². The Morgan fingerprint density at radius 1 is 0.288 bits per heavy atom. The summed E-state index contributed by atoms with van der Waals surface area (Å²) in [5.41, 5.74) is 12.6. The molecule has 0 fully saturated rings. The van der Waals surface area contributed by atoms with Gasteiger partial charge in [0.25, 0.3) is 0 Å². The number of hydrogen-bond donors (Lipinski definition) is 0. The minimum Gasteiger partial charge on any atom is -0.456 e. The van der Waals surface area contributed by atoms with Gasteiger partial charge in [0.05, 0.1) is 32.8 Å². The van der Waals surface area contributed by atoms with Crippen molar-refractivity contribution >= 4 is 151 Å². The summed E-state index contributed by atoms with van der Waals surface area (Å²) in [6.07, 6.45) is 0. The van der Waals surface area contributed by atoms with Crippen LogP contribution in [0.4, 0.5) is 0 Å². The zero-order valence-corrected chi connectivity index (χ0v) is 36.6. The van der Waals surface area contributed by atoms with Crippen LogP contribution in [0.25, 0.3) is 150 Å². The van der Waals surface area contributed by atoms with E-state index in [1.165, 1.54) is 56.9 Å². The van der Waals surface area contributed by atoms with Gasteiger partial charge in [-0.1, -0.05) is 84.9 Å². The van der Waals surface area contributed by atoms with Crippen molar-refractivity contribution in [2.24, 2.45) is 0 Å². The molecule has 0 saturated heterocycles. The minimum atomic E-state index is 0.880. The lowest BCUT2D eigenvalue weighted by Crippen LogP contribution is -1.93. The molecular formula is C60H32N2O2S2. The Bertz CT molecular complexity index is 4780. The van der Waals surface area contributed by atoms with Gasteiger partial charge in [-0.05, 0) is 120 Å². The number of benzene rings is 10. The number of rotatable bonds is 3. The lowest BCUT2D eigenvalue weighted by molar-refractivity contribution is 0.669. The second-order valence-corrected chi connectivity index (χ2v) is 19.7. The Morgan fingerprint density at radius 3 is 1.50 bits per heavy atom. The monoisotopic (exact) mass is 876 g/mol. The average Bonchev–Trinajstić information content (AvgIpc) is 4.22. The summed E-state index contributed by atoms with van der Waals surface area (Å²) < 4.78 is 23.8. The third-order valence-electron chi connectivity index (χ3n) is 14.1. The van der Waals surface area contributed by atoms with Crippen molar-refractivity contribution in [3.63, 3.8) is 0 Å². The molecule has 0 aliphatic carbocycles. The highest BCUT2D eigenvalue weighted by Crippen LogP contribution is 2.47. The molecule has 4 nitrogen and oxygen atoms in total. The van der Waals surface area contributed by atoms with Crippen LogP contribution < -0.4 is 0 Å². The van der Waals surface area contributed by atoms with E-state index in [4.69, 9.17) is 8.83 Å². The topological polar surface area (TPSA) is 36.1 Å². The van der Waals surface area contributed by atoms with Crippen molar-refractivity contribution in [2.75, 3.05) is 0 Å². The van der Waals surface area contributed by atoms with Gasteiger partial charge in [-0.2, -0.15) is 0 Å². The van der Waals surface area contributed by atoms with E-state index in [0.29, 0.717) is 0 Å². The number of hydrogen-bond acceptors (Lipinski definition) is 4. The van der Waals surface area contributed by atoms with E-state index in [9.17, 15) is 0 Å². The number of furan rings is 2. The zero-order valence-electron chi connectivity index (χ0n) is 35.0.